The minimum atomic E-state index is -4.78. The van der Waals surface area contributed by atoms with E-state index in [1.807, 2.05) is 0 Å². The molecule has 0 unspecified atom stereocenters. The van der Waals surface area contributed by atoms with Crippen molar-refractivity contribution in [2.45, 2.75) is 13.1 Å². The molecule has 0 aliphatic rings. The average Bonchev–Trinajstić information content (AvgIpc) is 3.04. The standard InChI is InChI=1S/C19H16F3N3O4/c1-2-28-29-11-4-6-16-13(8-11)14(9-25(16)18(24)27)12-5-3-10(17(23)26)7-15(12)19(20,21)22/h3-9H,2H2,1H3,(H2,23,26)(H2,24,27). The summed E-state index contributed by atoms with van der Waals surface area (Å²) in [6.07, 6.45) is -3.58. The van der Waals surface area contributed by atoms with E-state index in [4.69, 9.17) is 21.2 Å². The quantitative estimate of drug-likeness (QED) is 0.497. The van der Waals surface area contributed by atoms with Crippen molar-refractivity contribution < 1.29 is 32.5 Å². The number of rotatable bonds is 5. The van der Waals surface area contributed by atoms with Crippen LogP contribution < -0.4 is 16.4 Å². The van der Waals surface area contributed by atoms with Gasteiger partial charge in [-0.15, -0.1) is 0 Å². The first-order valence-electron chi connectivity index (χ1n) is 8.39. The van der Waals surface area contributed by atoms with Crippen LogP contribution in [0.1, 0.15) is 22.8 Å². The molecular weight excluding hydrogens is 391 g/mol. The molecule has 2 aromatic carbocycles. The molecule has 2 amide bonds. The summed E-state index contributed by atoms with van der Waals surface area (Å²) < 4.78 is 42.1. The average molecular weight is 407 g/mol. The molecule has 0 atom stereocenters. The normalized spacial score (nSPS) is 11.6. The molecule has 0 saturated carbocycles. The number of nitrogens with zero attached hydrogens (tertiary/aromatic N) is 1. The molecule has 3 aromatic rings. The highest BCUT2D eigenvalue weighted by Gasteiger charge is 2.35. The molecule has 4 N–H and O–H groups in total. The number of carbonyl (C=O) groups is 2. The SMILES string of the molecule is CCOOc1ccc2c(c1)c(-c1ccc(C(N)=O)cc1C(F)(F)F)cn2C(N)=O. The minimum Gasteiger partial charge on any atom is -0.366 e. The highest BCUT2D eigenvalue weighted by Crippen LogP contribution is 2.41. The number of benzene rings is 2. The molecule has 0 saturated heterocycles. The first kappa shape index (κ1) is 20.2. The lowest BCUT2D eigenvalue weighted by Crippen LogP contribution is -2.18. The minimum absolute atomic E-state index is 0.0732. The molecule has 0 fully saturated rings. The van der Waals surface area contributed by atoms with E-state index in [1.165, 1.54) is 30.5 Å². The van der Waals surface area contributed by atoms with Gasteiger partial charge in [-0.25, -0.2) is 4.79 Å². The number of primary amides is 2. The summed E-state index contributed by atoms with van der Waals surface area (Å²) >= 11 is 0. The number of aromatic nitrogens is 1. The summed E-state index contributed by atoms with van der Waals surface area (Å²) in [5, 5.41) is 0.276. The molecule has 0 aliphatic carbocycles. The molecule has 10 heteroatoms. The molecular formula is C19H16F3N3O4. The molecule has 29 heavy (non-hydrogen) atoms. The van der Waals surface area contributed by atoms with Crippen LogP contribution in [0.15, 0.2) is 42.6 Å². The zero-order chi connectivity index (χ0) is 21.3. The number of amides is 2. The number of alkyl halides is 3. The van der Waals surface area contributed by atoms with Gasteiger partial charge in [0, 0.05) is 22.7 Å². The van der Waals surface area contributed by atoms with Gasteiger partial charge in [0.2, 0.25) is 5.91 Å². The third-order valence-electron chi connectivity index (χ3n) is 4.19. The summed E-state index contributed by atoms with van der Waals surface area (Å²) in [4.78, 5) is 33.0. The molecule has 3 rings (SSSR count). The Hall–Kier alpha value is -3.53. The largest absolute Gasteiger partial charge is 0.417 e. The number of nitrogens with two attached hydrogens (primary N) is 2. The van der Waals surface area contributed by atoms with E-state index in [1.54, 1.807) is 6.92 Å². The predicted octanol–water partition coefficient (Wildman–Crippen LogP) is 3.68. The van der Waals surface area contributed by atoms with Crippen molar-refractivity contribution in [3.63, 3.8) is 0 Å². The summed E-state index contributed by atoms with van der Waals surface area (Å²) in [6.45, 7) is 1.95. The van der Waals surface area contributed by atoms with Crippen LogP contribution >= 0.6 is 0 Å². The lowest BCUT2D eigenvalue weighted by Gasteiger charge is -2.13. The molecule has 152 valence electrons. The van der Waals surface area contributed by atoms with E-state index in [0.29, 0.717) is 6.07 Å². The van der Waals surface area contributed by atoms with E-state index in [-0.39, 0.29) is 39.9 Å². The van der Waals surface area contributed by atoms with Gasteiger partial charge in [0.1, 0.15) is 0 Å². The first-order valence-corrected chi connectivity index (χ1v) is 8.39. The third kappa shape index (κ3) is 3.87. The van der Waals surface area contributed by atoms with Crippen LogP contribution in [0, 0.1) is 0 Å². The molecule has 1 heterocycles. The van der Waals surface area contributed by atoms with Gasteiger partial charge in [-0.1, -0.05) is 6.07 Å². The van der Waals surface area contributed by atoms with Crippen molar-refractivity contribution in [1.29, 1.82) is 0 Å². The zero-order valence-electron chi connectivity index (χ0n) is 15.1. The number of carbonyl (C=O) groups excluding carboxylic acids is 2. The van der Waals surface area contributed by atoms with Gasteiger partial charge < -0.3 is 16.4 Å². The van der Waals surface area contributed by atoms with E-state index < -0.39 is 23.7 Å². The Morgan fingerprint density at radius 1 is 1.07 bits per heavy atom. The van der Waals surface area contributed by atoms with Gasteiger partial charge in [0.15, 0.2) is 5.75 Å². The number of halogens is 3. The monoisotopic (exact) mass is 407 g/mol. The molecule has 1 aromatic heterocycles. The second-order valence-electron chi connectivity index (χ2n) is 6.04. The maximum absolute atomic E-state index is 13.7. The van der Waals surface area contributed by atoms with E-state index in [9.17, 15) is 22.8 Å². The Bertz CT molecular complexity index is 1110. The topological polar surface area (TPSA) is 110 Å². The van der Waals surface area contributed by atoms with Gasteiger partial charge in [0.25, 0.3) is 0 Å². The van der Waals surface area contributed by atoms with Crippen LogP contribution in [0.4, 0.5) is 18.0 Å². The summed E-state index contributed by atoms with van der Waals surface area (Å²) in [6, 6.07) is 6.50. The maximum Gasteiger partial charge on any atom is 0.417 e. The number of fused-ring (bicyclic) bond motifs is 1. The van der Waals surface area contributed by atoms with Crippen LogP contribution in [0.25, 0.3) is 22.0 Å². The first-order chi connectivity index (χ1) is 13.6. The van der Waals surface area contributed by atoms with Crippen molar-refractivity contribution in [3.8, 4) is 16.9 Å². The second-order valence-corrected chi connectivity index (χ2v) is 6.04. The van der Waals surface area contributed by atoms with Gasteiger partial charge in [-0.2, -0.15) is 18.1 Å². The van der Waals surface area contributed by atoms with Crippen LogP contribution in [0.5, 0.6) is 5.75 Å². The van der Waals surface area contributed by atoms with Crippen LogP contribution in [-0.4, -0.2) is 23.1 Å². The molecule has 0 aliphatic heterocycles. The third-order valence-corrected chi connectivity index (χ3v) is 4.19. The summed E-state index contributed by atoms with van der Waals surface area (Å²) in [5.41, 5.74) is 9.21. The fourth-order valence-electron chi connectivity index (χ4n) is 2.95. The Labute approximate surface area is 162 Å². The van der Waals surface area contributed by atoms with Crippen molar-refractivity contribution >= 4 is 22.8 Å². The van der Waals surface area contributed by atoms with Crippen molar-refractivity contribution in [2.75, 3.05) is 6.61 Å². The van der Waals surface area contributed by atoms with Gasteiger partial charge in [-0.05, 0) is 42.8 Å². The lowest BCUT2D eigenvalue weighted by atomic mass is 9.96. The predicted molar refractivity (Wildman–Crippen MR) is 98.1 cm³/mol. The van der Waals surface area contributed by atoms with E-state index >= 15 is 0 Å². The van der Waals surface area contributed by atoms with Crippen molar-refractivity contribution in [1.82, 2.24) is 4.57 Å². The number of hydrogen-bond donors (Lipinski definition) is 2. The fourth-order valence-corrected chi connectivity index (χ4v) is 2.95. The fraction of sp³-hybridized carbons (Fsp3) is 0.158. The van der Waals surface area contributed by atoms with Gasteiger partial charge in [0.05, 0.1) is 17.7 Å². The van der Waals surface area contributed by atoms with Crippen LogP contribution in [-0.2, 0) is 11.1 Å². The van der Waals surface area contributed by atoms with Crippen LogP contribution in [0.2, 0.25) is 0 Å². The highest BCUT2D eigenvalue weighted by molar-refractivity contribution is 6.03. The smallest absolute Gasteiger partial charge is 0.366 e. The lowest BCUT2D eigenvalue weighted by molar-refractivity contribution is -0.202. The zero-order valence-corrected chi connectivity index (χ0v) is 15.1. The molecule has 0 bridgehead atoms. The Kier molecular flexibility index (Phi) is 5.21. The molecule has 0 radical (unpaired) electrons. The highest BCUT2D eigenvalue weighted by atomic mass is 19.4. The summed E-state index contributed by atoms with van der Waals surface area (Å²) in [5.74, 6) is -0.765. The van der Waals surface area contributed by atoms with Crippen molar-refractivity contribution in [2.24, 2.45) is 11.5 Å². The van der Waals surface area contributed by atoms with Gasteiger partial charge >= 0.3 is 12.2 Å². The Morgan fingerprint density at radius 3 is 2.38 bits per heavy atom. The second kappa shape index (κ2) is 7.47. The Morgan fingerprint density at radius 2 is 1.79 bits per heavy atom. The van der Waals surface area contributed by atoms with E-state index in [0.717, 1.165) is 10.6 Å². The molecule has 7 nitrogen and oxygen atoms in total. The van der Waals surface area contributed by atoms with Gasteiger partial charge in [-0.3, -0.25) is 9.36 Å². The van der Waals surface area contributed by atoms with Crippen molar-refractivity contribution in [3.05, 3.63) is 53.7 Å². The summed E-state index contributed by atoms with van der Waals surface area (Å²) in [7, 11) is 0. The number of hydrogen-bond acceptors (Lipinski definition) is 4. The molecule has 0 spiro atoms. The Balaban J connectivity index is 2.31. The van der Waals surface area contributed by atoms with E-state index in [2.05, 4.69) is 0 Å². The maximum atomic E-state index is 13.7. The van der Waals surface area contributed by atoms with Crippen LogP contribution in [0.3, 0.4) is 0 Å².